The maximum Gasteiger partial charge on any atom is 0.265 e. The maximum atomic E-state index is 13.7. The Morgan fingerprint density at radius 2 is 2.00 bits per heavy atom. The fourth-order valence-electron chi connectivity index (χ4n) is 4.60. The van der Waals surface area contributed by atoms with Gasteiger partial charge in [-0.2, -0.15) is 0 Å². The van der Waals surface area contributed by atoms with Gasteiger partial charge in [-0.1, -0.05) is 35.9 Å². The van der Waals surface area contributed by atoms with E-state index < -0.39 is 5.92 Å². The number of ether oxygens (including phenoxy) is 3. The SMILES string of the molecule is O=C1N=c2cc3c(cc2=CC1CN(CC1CCCO1)C(=O)c1sc2ccccc2c1Cl)OCO3. The Bertz CT molecular complexity index is 1430. The second-order valence-electron chi connectivity index (χ2n) is 8.57. The monoisotopic (exact) mass is 496 g/mol. The van der Waals surface area contributed by atoms with Crippen molar-refractivity contribution in [2.75, 3.05) is 26.5 Å². The van der Waals surface area contributed by atoms with Gasteiger partial charge in [0.05, 0.1) is 22.4 Å². The summed E-state index contributed by atoms with van der Waals surface area (Å²) in [5, 5.41) is 2.65. The zero-order valence-corrected chi connectivity index (χ0v) is 19.7. The molecule has 3 aliphatic heterocycles. The molecule has 7 nitrogen and oxygen atoms in total. The van der Waals surface area contributed by atoms with E-state index in [0.29, 0.717) is 39.9 Å². The van der Waals surface area contributed by atoms with E-state index in [9.17, 15) is 9.59 Å². The molecule has 4 heterocycles. The van der Waals surface area contributed by atoms with Gasteiger partial charge in [-0.3, -0.25) is 9.59 Å². The third-order valence-corrected chi connectivity index (χ3v) is 8.00. The van der Waals surface area contributed by atoms with Crippen LogP contribution in [0.2, 0.25) is 5.02 Å². The zero-order valence-electron chi connectivity index (χ0n) is 18.2. The molecule has 3 aromatic rings. The summed E-state index contributed by atoms with van der Waals surface area (Å²) in [6.45, 7) is 1.42. The van der Waals surface area contributed by atoms with Crippen LogP contribution in [0.5, 0.6) is 11.5 Å². The van der Waals surface area contributed by atoms with Gasteiger partial charge in [0.25, 0.3) is 11.8 Å². The third kappa shape index (κ3) is 3.85. The third-order valence-electron chi connectivity index (χ3n) is 6.33. The molecule has 0 N–H and O–H groups in total. The highest BCUT2D eigenvalue weighted by Gasteiger charge is 2.31. The van der Waals surface area contributed by atoms with Crippen molar-refractivity contribution in [3.63, 3.8) is 0 Å². The first-order valence-corrected chi connectivity index (χ1v) is 12.4. The van der Waals surface area contributed by atoms with Gasteiger partial charge < -0.3 is 19.1 Å². The number of amides is 2. The lowest BCUT2D eigenvalue weighted by Crippen LogP contribution is -2.44. The van der Waals surface area contributed by atoms with Crippen molar-refractivity contribution in [1.29, 1.82) is 0 Å². The van der Waals surface area contributed by atoms with Crippen molar-refractivity contribution in [2.45, 2.75) is 18.9 Å². The van der Waals surface area contributed by atoms with Gasteiger partial charge in [-0.05, 0) is 25.0 Å². The van der Waals surface area contributed by atoms with Crippen molar-refractivity contribution in [3.8, 4) is 11.5 Å². The predicted molar refractivity (Wildman–Crippen MR) is 128 cm³/mol. The van der Waals surface area contributed by atoms with Gasteiger partial charge in [0.1, 0.15) is 4.88 Å². The summed E-state index contributed by atoms with van der Waals surface area (Å²) in [5.41, 5.74) is 0. The van der Waals surface area contributed by atoms with Crippen LogP contribution in [-0.2, 0) is 9.53 Å². The highest BCUT2D eigenvalue weighted by atomic mass is 35.5. The lowest BCUT2D eigenvalue weighted by Gasteiger charge is -2.28. The smallest absolute Gasteiger partial charge is 0.265 e. The van der Waals surface area contributed by atoms with Crippen LogP contribution in [0.15, 0.2) is 41.4 Å². The van der Waals surface area contributed by atoms with Crippen LogP contribution in [0.3, 0.4) is 0 Å². The number of nitrogens with zero attached hydrogens (tertiary/aromatic N) is 2. The number of benzene rings is 2. The van der Waals surface area contributed by atoms with Crippen molar-refractivity contribution in [1.82, 2.24) is 4.90 Å². The Morgan fingerprint density at radius 3 is 2.79 bits per heavy atom. The van der Waals surface area contributed by atoms with Crippen LogP contribution in [0.25, 0.3) is 16.2 Å². The molecule has 1 saturated heterocycles. The van der Waals surface area contributed by atoms with Gasteiger partial charge in [-0.15, -0.1) is 11.3 Å². The van der Waals surface area contributed by atoms with Gasteiger partial charge >= 0.3 is 0 Å². The van der Waals surface area contributed by atoms with E-state index >= 15 is 0 Å². The van der Waals surface area contributed by atoms with Gasteiger partial charge in [0.2, 0.25) is 6.79 Å². The molecule has 0 spiro atoms. The summed E-state index contributed by atoms with van der Waals surface area (Å²) < 4.78 is 17.6. The Morgan fingerprint density at radius 1 is 1.18 bits per heavy atom. The molecule has 2 unspecified atom stereocenters. The average Bonchev–Trinajstić information content (AvgIpc) is 3.58. The molecule has 9 heteroatoms. The van der Waals surface area contributed by atoms with E-state index in [2.05, 4.69) is 4.99 Å². The van der Waals surface area contributed by atoms with Crippen molar-refractivity contribution >= 4 is 50.9 Å². The Hall–Kier alpha value is -2.94. The van der Waals surface area contributed by atoms with E-state index in [1.807, 2.05) is 36.4 Å². The fraction of sp³-hybridized carbons (Fsp3) is 0.320. The topological polar surface area (TPSA) is 77.4 Å². The zero-order chi connectivity index (χ0) is 23.2. The summed E-state index contributed by atoms with van der Waals surface area (Å²) in [7, 11) is 0. The highest BCUT2D eigenvalue weighted by molar-refractivity contribution is 7.21. The van der Waals surface area contributed by atoms with E-state index in [1.165, 1.54) is 11.3 Å². The molecule has 2 atom stereocenters. The van der Waals surface area contributed by atoms with E-state index in [1.54, 1.807) is 11.0 Å². The molecular formula is C25H21ClN2O5S. The Balaban J connectivity index is 1.34. The van der Waals surface area contributed by atoms with Crippen molar-refractivity contribution < 1.29 is 23.8 Å². The average molecular weight is 497 g/mol. The molecule has 174 valence electrons. The first-order valence-electron chi connectivity index (χ1n) is 11.2. The first-order chi connectivity index (χ1) is 16.6. The lowest BCUT2D eigenvalue weighted by atomic mass is 10.0. The number of fused-ring (bicyclic) bond motifs is 3. The predicted octanol–water partition coefficient (Wildman–Crippen LogP) is 3.16. The Kier molecular flexibility index (Phi) is 5.51. The highest BCUT2D eigenvalue weighted by Crippen LogP contribution is 2.36. The molecule has 0 aliphatic carbocycles. The summed E-state index contributed by atoms with van der Waals surface area (Å²) in [6, 6.07) is 11.2. The minimum absolute atomic E-state index is 0.0613. The van der Waals surface area contributed by atoms with Crippen LogP contribution in [0, 0.1) is 5.92 Å². The molecule has 1 aromatic heterocycles. The molecule has 0 saturated carbocycles. The second kappa shape index (κ2) is 8.69. The molecule has 1 fully saturated rings. The number of halogens is 1. The lowest BCUT2D eigenvalue weighted by molar-refractivity contribution is -0.120. The maximum absolute atomic E-state index is 13.7. The standard InChI is InChI=1S/C25H21ClN2O5S/c26-22-17-5-1-2-6-21(17)34-23(22)25(30)28(12-16-4-3-7-31-16)11-15-8-14-9-19-20(33-13-32-19)10-18(14)27-24(15)29/h1-2,5-6,8-10,15-16H,3-4,7,11-13H2. The number of hydrogen-bond acceptors (Lipinski definition) is 6. The quantitative estimate of drug-likeness (QED) is 0.542. The van der Waals surface area contributed by atoms with Crippen molar-refractivity contribution in [2.24, 2.45) is 10.9 Å². The normalized spacial score (nSPS) is 20.7. The van der Waals surface area contributed by atoms with Gasteiger partial charge in [0, 0.05) is 41.1 Å². The fourth-order valence-corrected chi connectivity index (χ4v) is 6.08. The van der Waals surface area contributed by atoms with Crippen LogP contribution in [0.4, 0.5) is 0 Å². The number of hydrogen-bond donors (Lipinski definition) is 0. The van der Waals surface area contributed by atoms with Crippen LogP contribution < -0.4 is 20.0 Å². The van der Waals surface area contributed by atoms with Crippen LogP contribution in [-0.4, -0.2) is 49.3 Å². The molecular weight excluding hydrogens is 476 g/mol. The van der Waals surface area contributed by atoms with Gasteiger partial charge in [0.15, 0.2) is 11.5 Å². The number of carbonyl (C=O) groups excluding carboxylic acids is 2. The van der Waals surface area contributed by atoms with Crippen molar-refractivity contribution in [3.05, 3.63) is 56.9 Å². The molecule has 34 heavy (non-hydrogen) atoms. The molecule has 0 radical (unpaired) electrons. The largest absolute Gasteiger partial charge is 0.454 e. The number of rotatable bonds is 5. The molecule has 3 aliphatic rings. The number of carbonyl (C=O) groups is 2. The summed E-state index contributed by atoms with van der Waals surface area (Å²) in [4.78, 5) is 33.1. The molecule has 6 rings (SSSR count). The summed E-state index contributed by atoms with van der Waals surface area (Å²) >= 11 is 7.99. The Labute approximate surface area is 204 Å². The molecule has 2 aromatic carbocycles. The van der Waals surface area contributed by atoms with E-state index in [4.69, 9.17) is 25.8 Å². The van der Waals surface area contributed by atoms with Crippen LogP contribution in [0.1, 0.15) is 22.5 Å². The van der Waals surface area contributed by atoms with E-state index in [-0.39, 0.29) is 31.3 Å². The van der Waals surface area contributed by atoms with Crippen LogP contribution >= 0.6 is 22.9 Å². The second-order valence-corrected chi connectivity index (χ2v) is 10.0. The molecule has 2 amide bonds. The summed E-state index contributed by atoms with van der Waals surface area (Å²) in [6.07, 6.45) is 3.63. The number of thiophene rings is 1. The summed E-state index contributed by atoms with van der Waals surface area (Å²) in [5.74, 6) is 0.143. The van der Waals surface area contributed by atoms with E-state index in [0.717, 1.165) is 28.1 Å². The van der Waals surface area contributed by atoms with Gasteiger partial charge in [-0.25, -0.2) is 4.99 Å². The molecule has 0 bridgehead atoms. The minimum atomic E-state index is -0.577. The minimum Gasteiger partial charge on any atom is -0.454 e. The first kappa shape index (κ1) is 21.6.